The van der Waals surface area contributed by atoms with Gasteiger partial charge in [0.2, 0.25) is 0 Å². The fraction of sp³-hybridized carbons (Fsp3) is 0.417. The molecule has 0 bridgehead atoms. The van der Waals surface area contributed by atoms with Gasteiger partial charge in [0, 0.05) is 24.0 Å². The highest BCUT2D eigenvalue weighted by Gasteiger charge is 2.57. The standard InChI is InChI=1S/C24H26F4NO6S/c1-29(35-36(32,33)24(26,27)28)19(14-22(30)16-6-10-18(25)11-7-16)4-3-5-20(29)15-23(31)17-8-12-21(34-2)13-9-17/h6-13,19-20H,3-5,14-15H2,1-2H3/q+1. The number of hydrogen-bond acceptors (Lipinski definition) is 6. The molecule has 0 N–H and O–H groups in total. The van der Waals surface area contributed by atoms with Gasteiger partial charge >= 0.3 is 15.6 Å². The van der Waals surface area contributed by atoms with E-state index in [4.69, 9.17) is 9.02 Å². The average Bonchev–Trinajstić information content (AvgIpc) is 2.81. The van der Waals surface area contributed by atoms with Gasteiger partial charge in [-0.05, 0) is 55.0 Å². The van der Waals surface area contributed by atoms with Crippen molar-refractivity contribution in [3.63, 3.8) is 0 Å². The molecule has 3 atom stereocenters. The predicted molar refractivity (Wildman–Crippen MR) is 121 cm³/mol. The third kappa shape index (κ3) is 6.11. The van der Waals surface area contributed by atoms with Gasteiger partial charge in [-0.25, -0.2) is 4.39 Å². The zero-order chi connectivity index (χ0) is 26.7. The molecule has 1 heterocycles. The van der Waals surface area contributed by atoms with Gasteiger partial charge in [-0.2, -0.15) is 26.2 Å². The van der Waals surface area contributed by atoms with E-state index in [-0.39, 0.29) is 36.8 Å². The van der Waals surface area contributed by atoms with Crippen molar-refractivity contribution in [1.29, 1.82) is 0 Å². The van der Waals surface area contributed by atoms with E-state index in [9.17, 15) is 35.6 Å². The van der Waals surface area contributed by atoms with Crippen LogP contribution in [0.3, 0.4) is 0 Å². The molecule has 1 fully saturated rings. The number of halogens is 4. The van der Waals surface area contributed by atoms with E-state index in [1.165, 1.54) is 31.4 Å². The van der Waals surface area contributed by atoms with Crippen LogP contribution in [0.5, 0.6) is 5.75 Å². The van der Waals surface area contributed by atoms with Crippen LogP contribution in [0.4, 0.5) is 17.6 Å². The quantitative estimate of drug-likeness (QED) is 0.199. The lowest BCUT2D eigenvalue weighted by atomic mass is 9.88. The molecule has 0 saturated carbocycles. The van der Waals surface area contributed by atoms with Crippen LogP contribution in [0.25, 0.3) is 0 Å². The van der Waals surface area contributed by atoms with Gasteiger partial charge in [-0.3, -0.25) is 9.59 Å². The molecule has 1 aliphatic rings. The van der Waals surface area contributed by atoms with E-state index in [1.54, 1.807) is 12.1 Å². The van der Waals surface area contributed by atoms with Crippen molar-refractivity contribution in [3.05, 3.63) is 65.5 Å². The number of carbonyl (C=O) groups is 2. The van der Waals surface area contributed by atoms with Crippen molar-refractivity contribution >= 4 is 21.7 Å². The maximum Gasteiger partial charge on any atom is 0.528 e. The summed E-state index contributed by atoms with van der Waals surface area (Å²) in [6.45, 7) is 0. The number of piperidine rings is 1. The van der Waals surface area contributed by atoms with E-state index >= 15 is 0 Å². The summed E-state index contributed by atoms with van der Waals surface area (Å²) in [5.74, 6) is -1.00. The molecule has 12 heteroatoms. The average molecular weight is 533 g/mol. The lowest BCUT2D eigenvalue weighted by Crippen LogP contribution is -2.63. The molecule has 0 aliphatic carbocycles. The van der Waals surface area contributed by atoms with E-state index in [0.717, 1.165) is 19.2 Å². The molecule has 2 aromatic carbocycles. The zero-order valence-electron chi connectivity index (χ0n) is 19.6. The molecule has 7 nitrogen and oxygen atoms in total. The normalized spacial score (nSPS) is 22.7. The van der Waals surface area contributed by atoms with Crippen molar-refractivity contribution in [2.75, 3.05) is 14.2 Å². The van der Waals surface area contributed by atoms with Crippen LogP contribution in [0.1, 0.15) is 52.8 Å². The fourth-order valence-corrected chi connectivity index (χ4v) is 5.17. The number of nitrogens with zero attached hydrogens (tertiary/aromatic N) is 1. The third-order valence-electron chi connectivity index (χ3n) is 6.49. The molecular weight excluding hydrogens is 506 g/mol. The zero-order valence-corrected chi connectivity index (χ0v) is 20.4. The van der Waals surface area contributed by atoms with Gasteiger partial charge < -0.3 is 4.74 Å². The summed E-state index contributed by atoms with van der Waals surface area (Å²) in [6.07, 6.45) is 0.155. The Labute approximate surface area is 206 Å². The topological polar surface area (TPSA) is 86.7 Å². The van der Waals surface area contributed by atoms with Crippen molar-refractivity contribution in [2.45, 2.75) is 49.7 Å². The molecular formula is C24H26F4NO6S+. The van der Waals surface area contributed by atoms with Gasteiger partial charge in [0.25, 0.3) is 0 Å². The number of hydrogen-bond donors (Lipinski definition) is 0. The number of ketones is 2. The Kier molecular flexibility index (Phi) is 8.21. The Morgan fingerprint density at radius 3 is 1.78 bits per heavy atom. The van der Waals surface area contributed by atoms with Gasteiger partial charge in [0.1, 0.15) is 30.7 Å². The van der Waals surface area contributed by atoms with Crippen LogP contribution >= 0.6 is 0 Å². The first-order valence-electron chi connectivity index (χ1n) is 11.1. The molecule has 2 aromatic rings. The third-order valence-corrected chi connectivity index (χ3v) is 7.57. The van der Waals surface area contributed by atoms with Crippen molar-refractivity contribution in [3.8, 4) is 5.75 Å². The number of ether oxygens (including phenoxy) is 1. The summed E-state index contributed by atoms with van der Waals surface area (Å²) in [5, 5.41) is 0. The number of hydroxylamine groups is 3. The Morgan fingerprint density at radius 2 is 1.36 bits per heavy atom. The summed E-state index contributed by atoms with van der Waals surface area (Å²) < 4.78 is 85.9. The minimum absolute atomic E-state index is 0.123. The molecule has 1 saturated heterocycles. The first kappa shape index (κ1) is 27.8. The van der Waals surface area contributed by atoms with Crippen LogP contribution in [-0.4, -0.2) is 56.4 Å². The fourth-order valence-electron chi connectivity index (χ4n) is 4.42. The first-order valence-corrected chi connectivity index (χ1v) is 12.5. The number of benzene rings is 2. The van der Waals surface area contributed by atoms with Crippen LogP contribution in [0.15, 0.2) is 48.5 Å². The van der Waals surface area contributed by atoms with Gasteiger partial charge in [0.15, 0.2) is 11.6 Å². The van der Waals surface area contributed by atoms with E-state index in [2.05, 4.69) is 0 Å². The molecule has 0 amide bonds. The van der Waals surface area contributed by atoms with E-state index in [0.29, 0.717) is 12.2 Å². The monoisotopic (exact) mass is 532 g/mol. The van der Waals surface area contributed by atoms with Crippen LogP contribution < -0.4 is 4.74 Å². The van der Waals surface area contributed by atoms with E-state index < -0.39 is 49.7 Å². The number of methoxy groups -OCH3 is 1. The molecule has 196 valence electrons. The Bertz CT molecular complexity index is 1200. The molecule has 3 rings (SSSR count). The summed E-state index contributed by atoms with van der Waals surface area (Å²) in [6, 6.07) is 8.75. The minimum atomic E-state index is -6.05. The number of rotatable bonds is 9. The number of carbonyl (C=O) groups excluding carboxylic acids is 2. The lowest BCUT2D eigenvalue weighted by molar-refractivity contribution is -1.11. The highest BCUT2D eigenvalue weighted by molar-refractivity contribution is 7.87. The maximum atomic E-state index is 13.3. The molecule has 0 radical (unpaired) electrons. The summed E-state index contributed by atoms with van der Waals surface area (Å²) in [7, 11) is -3.45. The minimum Gasteiger partial charge on any atom is -0.497 e. The molecule has 3 unspecified atom stereocenters. The maximum absolute atomic E-state index is 13.3. The lowest BCUT2D eigenvalue weighted by Gasteiger charge is -2.45. The van der Waals surface area contributed by atoms with Crippen molar-refractivity contribution < 1.29 is 49.2 Å². The number of Topliss-reactive ketones (excluding diaryl/α,β-unsaturated/α-hetero) is 2. The number of alkyl halides is 3. The molecule has 36 heavy (non-hydrogen) atoms. The number of likely N-dealkylation sites (tertiary alicyclic amines) is 1. The second-order valence-corrected chi connectivity index (χ2v) is 10.3. The summed E-state index contributed by atoms with van der Waals surface area (Å²) in [4.78, 5) is 25.8. The highest BCUT2D eigenvalue weighted by Crippen LogP contribution is 2.39. The Balaban J connectivity index is 1.92. The van der Waals surface area contributed by atoms with Crippen LogP contribution in [0, 0.1) is 5.82 Å². The molecule has 1 aliphatic heterocycles. The second kappa shape index (κ2) is 10.7. The van der Waals surface area contributed by atoms with Gasteiger partial charge in [-0.1, -0.05) is 4.28 Å². The SMILES string of the molecule is COc1ccc(C(=O)CC2CCCC(CC(=O)c3ccc(F)cc3)[N+]2(C)OS(=O)(=O)C(F)(F)F)cc1. The highest BCUT2D eigenvalue weighted by atomic mass is 32.2. The van der Waals surface area contributed by atoms with Gasteiger partial charge in [0.05, 0.1) is 20.0 Å². The van der Waals surface area contributed by atoms with Crippen molar-refractivity contribution in [1.82, 2.24) is 0 Å². The second-order valence-electron chi connectivity index (χ2n) is 8.76. The predicted octanol–water partition coefficient (Wildman–Crippen LogP) is 4.83. The van der Waals surface area contributed by atoms with Gasteiger partial charge in [-0.15, -0.1) is 0 Å². The Hall–Kier alpha value is -2.83. The smallest absolute Gasteiger partial charge is 0.497 e. The van der Waals surface area contributed by atoms with Crippen molar-refractivity contribution in [2.24, 2.45) is 0 Å². The summed E-state index contributed by atoms with van der Waals surface area (Å²) >= 11 is 0. The van der Waals surface area contributed by atoms with Crippen LogP contribution in [-0.2, 0) is 14.4 Å². The molecule has 0 aromatic heterocycles. The number of quaternary nitrogens is 1. The first-order chi connectivity index (χ1) is 16.8. The van der Waals surface area contributed by atoms with Crippen LogP contribution in [0.2, 0.25) is 0 Å². The molecule has 0 spiro atoms. The Morgan fingerprint density at radius 1 is 0.917 bits per heavy atom. The van der Waals surface area contributed by atoms with E-state index in [1.807, 2.05) is 0 Å². The largest absolute Gasteiger partial charge is 0.528 e. The summed E-state index contributed by atoms with van der Waals surface area (Å²) in [5.41, 5.74) is -5.30.